The van der Waals surface area contributed by atoms with Gasteiger partial charge in [0.05, 0.1) is 5.52 Å². The number of benzene rings is 3. The van der Waals surface area contributed by atoms with Crippen LogP contribution in [-0.4, -0.2) is 4.98 Å². The molecule has 0 aliphatic rings. The van der Waals surface area contributed by atoms with Crippen molar-refractivity contribution in [3.05, 3.63) is 84.3 Å². The lowest BCUT2D eigenvalue weighted by Crippen LogP contribution is -2.00. The molecule has 0 saturated heterocycles. The lowest BCUT2D eigenvalue weighted by Gasteiger charge is -2.12. The van der Waals surface area contributed by atoms with Gasteiger partial charge in [0.25, 0.3) is 0 Å². The molecular formula is C21H18FN3. The maximum atomic E-state index is 13.0. The van der Waals surface area contributed by atoms with E-state index >= 15 is 0 Å². The van der Waals surface area contributed by atoms with Crippen LogP contribution in [-0.2, 0) is 6.54 Å². The number of aromatic nitrogens is 1. The molecule has 0 aliphatic carbocycles. The molecular weight excluding hydrogens is 313 g/mol. The molecule has 25 heavy (non-hydrogen) atoms. The largest absolute Gasteiger partial charge is 0.398 e. The Morgan fingerprint density at radius 1 is 0.920 bits per heavy atom. The highest BCUT2D eigenvalue weighted by atomic mass is 19.1. The van der Waals surface area contributed by atoms with Crippen LogP contribution in [0.2, 0.25) is 0 Å². The van der Waals surface area contributed by atoms with Crippen molar-refractivity contribution in [3.8, 4) is 11.1 Å². The smallest absolute Gasteiger partial charge is 0.123 e. The minimum Gasteiger partial charge on any atom is -0.398 e. The van der Waals surface area contributed by atoms with E-state index in [2.05, 4.69) is 28.5 Å². The molecule has 3 nitrogen and oxygen atoms in total. The molecule has 4 N–H and O–H groups in total. The summed E-state index contributed by atoms with van der Waals surface area (Å²) in [5.74, 6) is -0.224. The first-order valence-corrected chi connectivity index (χ1v) is 8.15. The average Bonchev–Trinajstić information content (AvgIpc) is 3.11. The molecule has 1 heterocycles. The van der Waals surface area contributed by atoms with Gasteiger partial charge in [-0.1, -0.05) is 30.3 Å². The second-order valence-corrected chi connectivity index (χ2v) is 6.03. The Morgan fingerprint density at radius 2 is 1.76 bits per heavy atom. The number of fused-ring (bicyclic) bond motifs is 1. The third-order valence-corrected chi connectivity index (χ3v) is 4.34. The molecule has 0 saturated carbocycles. The van der Waals surface area contributed by atoms with E-state index < -0.39 is 0 Å². The summed E-state index contributed by atoms with van der Waals surface area (Å²) in [4.78, 5) is 3.28. The number of anilines is 2. The number of nitrogens with two attached hydrogens (primary N) is 1. The molecule has 0 spiro atoms. The van der Waals surface area contributed by atoms with Crippen LogP contribution in [0, 0.1) is 5.82 Å². The van der Waals surface area contributed by atoms with Crippen molar-refractivity contribution in [1.82, 2.24) is 4.98 Å². The van der Waals surface area contributed by atoms with Crippen molar-refractivity contribution in [2.24, 2.45) is 0 Å². The van der Waals surface area contributed by atoms with Crippen LogP contribution in [0.3, 0.4) is 0 Å². The Kier molecular flexibility index (Phi) is 3.86. The second-order valence-electron chi connectivity index (χ2n) is 6.03. The minimum absolute atomic E-state index is 0.224. The molecule has 0 amide bonds. The van der Waals surface area contributed by atoms with Crippen LogP contribution >= 0.6 is 0 Å². The Hall–Kier alpha value is -3.27. The fourth-order valence-corrected chi connectivity index (χ4v) is 3.02. The van der Waals surface area contributed by atoms with Gasteiger partial charge in [-0.15, -0.1) is 0 Å². The number of para-hydroxylation sites is 1. The van der Waals surface area contributed by atoms with Gasteiger partial charge in [-0.3, -0.25) is 0 Å². The van der Waals surface area contributed by atoms with Crippen molar-refractivity contribution in [1.29, 1.82) is 0 Å². The summed E-state index contributed by atoms with van der Waals surface area (Å²) < 4.78 is 13.0. The number of nitrogens with one attached hydrogen (secondary N) is 2. The van der Waals surface area contributed by atoms with Crippen LogP contribution in [0.25, 0.3) is 22.0 Å². The molecule has 0 radical (unpaired) electrons. The van der Waals surface area contributed by atoms with Gasteiger partial charge in [0.15, 0.2) is 0 Å². The molecule has 0 aliphatic heterocycles. The van der Waals surface area contributed by atoms with Gasteiger partial charge in [0.1, 0.15) is 5.82 Å². The third-order valence-electron chi connectivity index (χ3n) is 4.34. The molecule has 4 heteroatoms. The highest BCUT2D eigenvalue weighted by molar-refractivity contribution is 5.97. The predicted octanol–water partition coefficient (Wildman–Crippen LogP) is 5.17. The lowest BCUT2D eigenvalue weighted by atomic mass is 10.0. The van der Waals surface area contributed by atoms with Gasteiger partial charge in [0.2, 0.25) is 0 Å². The van der Waals surface area contributed by atoms with E-state index in [4.69, 9.17) is 5.73 Å². The van der Waals surface area contributed by atoms with Gasteiger partial charge in [-0.2, -0.15) is 0 Å². The van der Waals surface area contributed by atoms with E-state index in [1.807, 2.05) is 30.5 Å². The fourth-order valence-electron chi connectivity index (χ4n) is 3.02. The zero-order valence-corrected chi connectivity index (χ0v) is 13.6. The molecule has 4 aromatic rings. The third kappa shape index (κ3) is 3.06. The summed E-state index contributed by atoms with van der Waals surface area (Å²) >= 11 is 0. The molecule has 4 rings (SSSR count). The maximum Gasteiger partial charge on any atom is 0.123 e. The van der Waals surface area contributed by atoms with Gasteiger partial charge in [0, 0.05) is 35.2 Å². The summed E-state index contributed by atoms with van der Waals surface area (Å²) in [6.45, 7) is 0.621. The molecule has 0 bridgehead atoms. The summed E-state index contributed by atoms with van der Waals surface area (Å²) in [5, 5.41) is 4.53. The lowest BCUT2D eigenvalue weighted by molar-refractivity contribution is 0.627. The number of hydrogen-bond donors (Lipinski definition) is 3. The number of aromatic amines is 1. The van der Waals surface area contributed by atoms with Crippen molar-refractivity contribution in [3.63, 3.8) is 0 Å². The first-order chi connectivity index (χ1) is 12.2. The molecule has 124 valence electrons. The fraction of sp³-hybridized carbons (Fsp3) is 0.0476. The average molecular weight is 331 g/mol. The van der Waals surface area contributed by atoms with Gasteiger partial charge < -0.3 is 16.0 Å². The van der Waals surface area contributed by atoms with Gasteiger partial charge in [-0.25, -0.2) is 4.39 Å². The van der Waals surface area contributed by atoms with E-state index in [-0.39, 0.29) is 5.82 Å². The van der Waals surface area contributed by atoms with Gasteiger partial charge >= 0.3 is 0 Å². The summed E-state index contributed by atoms with van der Waals surface area (Å²) in [6.07, 6.45) is 1.93. The van der Waals surface area contributed by atoms with Crippen LogP contribution in [0.1, 0.15) is 5.56 Å². The normalized spacial score (nSPS) is 10.9. The molecule has 1 aromatic heterocycles. The Bertz CT molecular complexity index is 1020. The summed E-state index contributed by atoms with van der Waals surface area (Å²) in [6, 6.07) is 20.6. The van der Waals surface area contributed by atoms with Crippen molar-refractivity contribution < 1.29 is 4.39 Å². The Morgan fingerprint density at radius 3 is 2.60 bits per heavy atom. The van der Waals surface area contributed by atoms with E-state index in [0.717, 1.165) is 39.0 Å². The van der Waals surface area contributed by atoms with Crippen molar-refractivity contribution in [2.45, 2.75) is 6.54 Å². The SMILES string of the molecule is Nc1ccc(NCc2ccc(F)cc2)cc1-c1cccc2cc[nH]c12. The Labute approximate surface area is 145 Å². The summed E-state index contributed by atoms with van der Waals surface area (Å²) in [7, 11) is 0. The van der Waals surface area contributed by atoms with Crippen LogP contribution in [0.15, 0.2) is 72.9 Å². The number of halogens is 1. The Balaban J connectivity index is 1.64. The highest BCUT2D eigenvalue weighted by Crippen LogP contribution is 2.33. The maximum absolute atomic E-state index is 13.0. The predicted molar refractivity (Wildman–Crippen MR) is 102 cm³/mol. The molecule has 0 atom stereocenters. The first kappa shape index (κ1) is 15.3. The quantitative estimate of drug-likeness (QED) is 0.452. The van der Waals surface area contributed by atoms with E-state index in [1.54, 1.807) is 12.1 Å². The molecule has 0 fully saturated rings. The number of nitrogen functional groups attached to an aromatic ring is 1. The highest BCUT2D eigenvalue weighted by Gasteiger charge is 2.09. The molecule has 3 aromatic carbocycles. The number of rotatable bonds is 4. The monoisotopic (exact) mass is 331 g/mol. The van der Waals surface area contributed by atoms with E-state index in [9.17, 15) is 4.39 Å². The topological polar surface area (TPSA) is 53.8 Å². The standard InChI is InChI=1S/C21H18FN3/c22-16-6-4-14(5-7-16)13-25-17-8-9-20(23)19(12-17)18-3-1-2-15-10-11-24-21(15)18/h1-12,24-25H,13,23H2. The van der Waals surface area contributed by atoms with E-state index in [0.29, 0.717) is 6.54 Å². The second kappa shape index (κ2) is 6.32. The van der Waals surface area contributed by atoms with Crippen molar-refractivity contribution in [2.75, 3.05) is 11.1 Å². The van der Waals surface area contributed by atoms with E-state index in [1.165, 1.54) is 12.1 Å². The zero-order chi connectivity index (χ0) is 17.2. The van der Waals surface area contributed by atoms with Crippen LogP contribution in [0.5, 0.6) is 0 Å². The van der Waals surface area contributed by atoms with Crippen molar-refractivity contribution >= 4 is 22.3 Å². The summed E-state index contributed by atoms with van der Waals surface area (Å²) in [5.41, 5.74) is 12.1. The van der Waals surface area contributed by atoms with Gasteiger partial charge in [-0.05, 0) is 47.3 Å². The first-order valence-electron chi connectivity index (χ1n) is 8.15. The van der Waals surface area contributed by atoms with Crippen LogP contribution < -0.4 is 11.1 Å². The number of H-pyrrole nitrogens is 1. The number of hydrogen-bond acceptors (Lipinski definition) is 2. The van der Waals surface area contributed by atoms with Crippen LogP contribution in [0.4, 0.5) is 15.8 Å². The molecule has 0 unspecified atom stereocenters. The zero-order valence-electron chi connectivity index (χ0n) is 13.6. The minimum atomic E-state index is -0.224.